The molecular formula is C16H17NO. The number of anilines is 1. The number of nitrogens with two attached hydrogens (primary N) is 1. The van der Waals surface area contributed by atoms with E-state index >= 15 is 0 Å². The Bertz CT molecular complexity index is 550. The minimum absolute atomic E-state index is 0.125. The van der Waals surface area contributed by atoms with Crippen molar-refractivity contribution in [2.24, 2.45) is 0 Å². The molecule has 2 aromatic rings. The molecule has 0 fully saturated rings. The van der Waals surface area contributed by atoms with Crippen LogP contribution in [-0.2, 0) is 6.42 Å². The number of ketones is 1. The van der Waals surface area contributed by atoms with Crippen LogP contribution in [0.2, 0.25) is 0 Å². The van der Waals surface area contributed by atoms with E-state index in [0.717, 1.165) is 5.56 Å². The Morgan fingerprint density at radius 2 is 1.56 bits per heavy atom. The molecule has 2 heteroatoms. The summed E-state index contributed by atoms with van der Waals surface area (Å²) in [5.74, 6) is 0.125. The molecule has 0 spiro atoms. The second kappa shape index (κ2) is 5.05. The summed E-state index contributed by atoms with van der Waals surface area (Å²) in [5.41, 5.74) is 10.4. The van der Waals surface area contributed by atoms with Crippen LogP contribution < -0.4 is 5.73 Å². The molecule has 0 aliphatic heterocycles. The fourth-order valence-electron chi connectivity index (χ4n) is 2.13. The van der Waals surface area contributed by atoms with E-state index in [2.05, 4.69) is 18.2 Å². The quantitative estimate of drug-likeness (QED) is 0.659. The van der Waals surface area contributed by atoms with Crippen molar-refractivity contribution >= 4 is 11.5 Å². The van der Waals surface area contributed by atoms with E-state index in [-0.39, 0.29) is 5.78 Å². The van der Waals surface area contributed by atoms with Gasteiger partial charge in [0.2, 0.25) is 0 Å². The summed E-state index contributed by atoms with van der Waals surface area (Å²) in [6.45, 7) is 4.09. The van der Waals surface area contributed by atoms with E-state index < -0.39 is 0 Å². The van der Waals surface area contributed by atoms with E-state index in [0.29, 0.717) is 17.7 Å². The van der Waals surface area contributed by atoms with Crippen molar-refractivity contribution in [3.63, 3.8) is 0 Å². The minimum Gasteiger partial charge on any atom is -0.399 e. The Labute approximate surface area is 107 Å². The second-order valence-electron chi connectivity index (χ2n) is 4.72. The zero-order valence-electron chi connectivity index (χ0n) is 10.7. The van der Waals surface area contributed by atoms with Crippen molar-refractivity contribution in [1.29, 1.82) is 0 Å². The number of aryl methyl sites for hydroxylation is 2. The van der Waals surface area contributed by atoms with Gasteiger partial charge in [0.05, 0.1) is 0 Å². The first-order valence-electron chi connectivity index (χ1n) is 6.00. The van der Waals surface area contributed by atoms with Crippen molar-refractivity contribution < 1.29 is 4.79 Å². The van der Waals surface area contributed by atoms with Crippen LogP contribution in [-0.4, -0.2) is 5.78 Å². The predicted molar refractivity (Wildman–Crippen MR) is 74.8 cm³/mol. The molecule has 0 amide bonds. The average Bonchev–Trinajstić information content (AvgIpc) is 2.28. The van der Waals surface area contributed by atoms with Gasteiger partial charge in [0.1, 0.15) is 0 Å². The molecule has 2 nitrogen and oxygen atoms in total. The van der Waals surface area contributed by atoms with E-state index in [9.17, 15) is 4.79 Å². The zero-order chi connectivity index (χ0) is 13.1. The summed E-state index contributed by atoms with van der Waals surface area (Å²) >= 11 is 0. The summed E-state index contributed by atoms with van der Waals surface area (Å²) in [5, 5.41) is 0. The maximum absolute atomic E-state index is 12.1. The zero-order valence-corrected chi connectivity index (χ0v) is 10.7. The summed E-state index contributed by atoms with van der Waals surface area (Å²) in [6.07, 6.45) is 0.437. The smallest absolute Gasteiger partial charge is 0.167 e. The lowest BCUT2D eigenvalue weighted by Crippen LogP contribution is -2.04. The van der Waals surface area contributed by atoms with Crippen LogP contribution >= 0.6 is 0 Å². The molecule has 0 saturated carbocycles. The Kier molecular flexibility index (Phi) is 3.47. The molecule has 18 heavy (non-hydrogen) atoms. The maximum Gasteiger partial charge on any atom is 0.167 e. The van der Waals surface area contributed by atoms with Gasteiger partial charge < -0.3 is 5.73 Å². The number of benzene rings is 2. The van der Waals surface area contributed by atoms with Crippen molar-refractivity contribution in [3.05, 3.63) is 64.7 Å². The third-order valence-corrected chi connectivity index (χ3v) is 2.88. The number of carbonyl (C=O) groups excluding carboxylic acids is 1. The molecule has 2 rings (SSSR count). The lowest BCUT2D eigenvalue weighted by molar-refractivity contribution is 0.0993. The van der Waals surface area contributed by atoms with E-state index in [1.807, 2.05) is 13.8 Å². The highest BCUT2D eigenvalue weighted by atomic mass is 16.1. The first kappa shape index (κ1) is 12.4. The SMILES string of the molecule is Cc1cc(C)cc(CC(=O)c2ccc(N)cc2)c1. The second-order valence-corrected chi connectivity index (χ2v) is 4.72. The number of nitrogen functional groups attached to an aromatic ring is 1. The lowest BCUT2D eigenvalue weighted by Gasteiger charge is -2.05. The standard InChI is InChI=1S/C16H17NO/c1-11-7-12(2)9-13(8-11)10-16(18)14-3-5-15(17)6-4-14/h3-9H,10,17H2,1-2H3. The lowest BCUT2D eigenvalue weighted by atomic mass is 9.99. The van der Waals surface area contributed by atoms with Crippen molar-refractivity contribution in [3.8, 4) is 0 Å². The molecule has 0 radical (unpaired) electrons. The Morgan fingerprint density at radius 3 is 2.11 bits per heavy atom. The Balaban J connectivity index is 2.18. The predicted octanol–water partition coefficient (Wildman–Crippen LogP) is 3.31. The number of rotatable bonds is 3. The van der Waals surface area contributed by atoms with Crippen LogP contribution in [0.1, 0.15) is 27.0 Å². The number of hydrogen-bond donors (Lipinski definition) is 1. The normalized spacial score (nSPS) is 10.3. The molecule has 92 valence electrons. The fourth-order valence-corrected chi connectivity index (χ4v) is 2.13. The number of carbonyl (C=O) groups is 1. The molecule has 0 atom stereocenters. The Hall–Kier alpha value is -2.09. The van der Waals surface area contributed by atoms with Crippen LogP contribution in [0.25, 0.3) is 0 Å². The monoisotopic (exact) mass is 239 g/mol. The van der Waals surface area contributed by atoms with E-state index in [4.69, 9.17) is 5.73 Å². The fraction of sp³-hybridized carbons (Fsp3) is 0.188. The molecule has 0 bridgehead atoms. The summed E-state index contributed by atoms with van der Waals surface area (Å²) in [4.78, 5) is 12.1. The highest BCUT2D eigenvalue weighted by Gasteiger charge is 2.07. The summed E-state index contributed by atoms with van der Waals surface area (Å²) in [7, 11) is 0. The van der Waals surface area contributed by atoms with Crippen LogP contribution in [0.4, 0.5) is 5.69 Å². The average molecular weight is 239 g/mol. The third-order valence-electron chi connectivity index (χ3n) is 2.88. The van der Waals surface area contributed by atoms with Crippen LogP contribution in [0.5, 0.6) is 0 Å². The van der Waals surface area contributed by atoms with Crippen LogP contribution in [0, 0.1) is 13.8 Å². The molecule has 0 aliphatic carbocycles. The molecule has 0 aromatic heterocycles. The topological polar surface area (TPSA) is 43.1 Å². The molecule has 2 N–H and O–H groups in total. The molecule has 0 heterocycles. The van der Waals surface area contributed by atoms with E-state index in [1.165, 1.54) is 11.1 Å². The van der Waals surface area contributed by atoms with Crippen molar-refractivity contribution in [2.45, 2.75) is 20.3 Å². The van der Waals surface area contributed by atoms with Gasteiger partial charge in [-0.1, -0.05) is 29.3 Å². The largest absolute Gasteiger partial charge is 0.399 e. The van der Waals surface area contributed by atoms with Gasteiger partial charge in [-0.15, -0.1) is 0 Å². The molecule has 0 aliphatic rings. The summed E-state index contributed by atoms with van der Waals surface area (Å²) < 4.78 is 0. The highest BCUT2D eigenvalue weighted by Crippen LogP contribution is 2.13. The van der Waals surface area contributed by atoms with Crippen LogP contribution in [0.3, 0.4) is 0 Å². The first-order chi connectivity index (χ1) is 8.54. The number of hydrogen-bond acceptors (Lipinski definition) is 2. The van der Waals surface area contributed by atoms with Gasteiger partial charge in [0.15, 0.2) is 5.78 Å². The van der Waals surface area contributed by atoms with Gasteiger partial charge in [-0.3, -0.25) is 4.79 Å². The first-order valence-corrected chi connectivity index (χ1v) is 6.00. The van der Waals surface area contributed by atoms with Gasteiger partial charge in [-0.2, -0.15) is 0 Å². The molecule has 2 aromatic carbocycles. The van der Waals surface area contributed by atoms with Crippen LogP contribution in [0.15, 0.2) is 42.5 Å². The highest BCUT2D eigenvalue weighted by molar-refractivity contribution is 5.97. The maximum atomic E-state index is 12.1. The Morgan fingerprint density at radius 1 is 1.00 bits per heavy atom. The van der Waals surface area contributed by atoms with Crippen molar-refractivity contribution in [2.75, 3.05) is 5.73 Å². The minimum atomic E-state index is 0.125. The third kappa shape index (κ3) is 2.98. The van der Waals surface area contributed by atoms with Gasteiger partial charge in [0.25, 0.3) is 0 Å². The van der Waals surface area contributed by atoms with Crippen molar-refractivity contribution in [1.82, 2.24) is 0 Å². The van der Waals surface area contributed by atoms with Gasteiger partial charge in [-0.05, 0) is 43.7 Å². The summed E-state index contributed by atoms with van der Waals surface area (Å²) in [6, 6.07) is 13.3. The van der Waals surface area contributed by atoms with E-state index in [1.54, 1.807) is 24.3 Å². The molecular weight excluding hydrogens is 222 g/mol. The number of Topliss-reactive ketones (excluding diaryl/α,β-unsaturated/α-hetero) is 1. The van der Waals surface area contributed by atoms with Gasteiger partial charge in [0, 0.05) is 17.7 Å². The van der Waals surface area contributed by atoms with Gasteiger partial charge in [-0.25, -0.2) is 0 Å². The molecule has 0 saturated heterocycles. The van der Waals surface area contributed by atoms with Gasteiger partial charge >= 0.3 is 0 Å². The molecule has 0 unspecified atom stereocenters.